The van der Waals surface area contributed by atoms with E-state index in [1.165, 1.54) is 12.4 Å². The van der Waals surface area contributed by atoms with Crippen molar-refractivity contribution in [1.29, 1.82) is 0 Å². The number of hydrogen-bond acceptors (Lipinski definition) is 4. The van der Waals surface area contributed by atoms with Gasteiger partial charge in [-0.3, -0.25) is 4.79 Å². The first-order valence-corrected chi connectivity index (χ1v) is 5.10. The van der Waals surface area contributed by atoms with E-state index in [1.807, 2.05) is 13.8 Å². The summed E-state index contributed by atoms with van der Waals surface area (Å²) in [7, 11) is 0. The van der Waals surface area contributed by atoms with Crippen LogP contribution in [-0.2, 0) is 0 Å². The van der Waals surface area contributed by atoms with Crippen molar-refractivity contribution >= 4 is 5.82 Å². The minimum absolute atomic E-state index is 0.205. The van der Waals surface area contributed by atoms with Crippen LogP contribution in [0.25, 0.3) is 0 Å². The Morgan fingerprint density at radius 1 is 1.53 bits per heavy atom. The number of rotatable bonds is 5. The average molecular weight is 211 g/mol. The molecule has 0 saturated heterocycles. The van der Waals surface area contributed by atoms with Crippen LogP contribution in [0, 0.1) is 0 Å². The van der Waals surface area contributed by atoms with Gasteiger partial charge in [0.1, 0.15) is 5.82 Å². The molecule has 0 amide bonds. The summed E-state index contributed by atoms with van der Waals surface area (Å²) in [6, 6.07) is 1.37. The van der Waals surface area contributed by atoms with Gasteiger partial charge in [0.25, 0.3) is 5.56 Å². The number of hydrogen-bond donors (Lipinski definition) is 3. The maximum Gasteiger partial charge on any atom is 0.252 e. The molecule has 0 unspecified atom stereocenters. The van der Waals surface area contributed by atoms with Gasteiger partial charge in [-0.05, 0) is 12.8 Å². The molecule has 15 heavy (non-hydrogen) atoms. The maximum absolute atomic E-state index is 11.0. The Kier molecular flexibility index (Phi) is 3.85. The number of aromatic nitrogens is 2. The van der Waals surface area contributed by atoms with Crippen LogP contribution in [0.4, 0.5) is 5.82 Å². The van der Waals surface area contributed by atoms with Crippen molar-refractivity contribution in [3.05, 3.63) is 22.7 Å². The highest BCUT2D eigenvalue weighted by molar-refractivity contribution is 5.32. The van der Waals surface area contributed by atoms with Crippen molar-refractivity contribution in [2.24, 2.45) is 0 Å². The fourth-order valence-electron chi connectivity index (χ4n) is 1.22. The molecule has 0 aliphatic carbocycles. The standard InChI is InChI=1S/C10H17N3O2/c1-3-10(15,4-2)6-11-8-5-9(14)13-7-12-8/h5,7,15H,3-4,6H2,1-2H3,(H2,11,12,13,14). The Hall–Kier alpha value is -1.36. The van der Waals surface area contributed by atoms with Gasteiger partial charge in [-0.25, -0.2) is 4.98 Å². The number of nitrogens with zero attached hydrogens (tertiary/aromatic N) is 1. The van der Waals surface area contributed by atoms with E-state index in [0.717, 1.165) is 0 Å². The van der Waals surface area contributed by atoms with Gasteiger partial charge >= 0.3 is 0 Å². The second-order valence-corrected chi connectivity index (χ2v) is 3.58. The molecule has 0 spiro atoms. The molecule has 5 heteroatoms. The number of anilines is 1. The van der Waals surface area contributed by atoms with Crippen LogP contribution in [0.5, 0.6) is 0 Å². The third-order valence-corrected chi connectivity index (χ3v) is 2.59. The molecule has 1 aromatic rings. The topological polar surface area (TPSA) is 78.0 Å². The Balaban J connectivity index is 2.60. The lowest BCUT2D eigenvalue weighted by atomic mass is 9.98. The molecule has 0 fully saturated rings. The molecule has 0 atom stereocenters. The second-order valence-electron chi connectivity index (χ2n) is 3.58. The monoisotopic (exact) mass is 211 g/mol. The third kappa shape index (κ3) is 3.36. The molecule has 0 saturated carbocycles. The van der Waals surface area contributed by atoms with E-state index in [2.05, 4.69) is 15.3 Å². The first-order chi connectivity index (χ1) is 7.09. The first kappa shape index (κ1) is 11.7. The van der Waals surface area contributed by atoms with Crippen molar-refractivity contribution in [1.82, 2.24) is 9.97 Å². The summed E-state index contributed by atoms with van der Waals surface area (Å²) < 4.78 is 0. The normalized spacial score (nSPS) is 11.4. The zero-order chi connectivity index (χ0) is 11.3. The molecular weight excluding hydrogens is 194 g/mol. The van der Waals surface area contributed by atoms with Crippen molar-refractivity contribution in [3.8, 4) is 0 Å². The highest BCUT2D eigenvalue weighted by atomic mass is 16.3. The molecule has 0 aliphatic rings. The van der Waals surface area contributed by atoms with Gasteiger partial charge in [0.2, 0.25) is 0 Å². The SMILES string of the molecule is CCC(O)(CC)CNc1cc(=O)[nH]cn1. The number of nitrogens with one attached hydrogen (secondary N) is 2. The fraction of sp³-hybridized carbons (Fsp3) is 0.600. The van der Waals surface area contributed by atoms with Crippen LogP contribution in [0.15, 0.2) is 17.2 Å². The smallest absolute Gasteiger partial charge is 0.252 e. The van der Waals surface area contributed by atoms with E-state index >= 15 is 0 Å². The zero-order valence-electron chi connectivity index (χ0n) is 9.08. The third-order valence-electron chi connectivity index (χ3n) is 2.59. The molecule has 84 valence electrons. The van der Waals surface area contributed by atoms with Gasteiger partial charge in [0, 0.05) is 12.6 Å². The average Bonchev–Trinajstić information content (AvgIpc) is 2.26. The lowest BCUT2D eigenvalue weighted by Crippen LogP contribution is -2.35. The quantitative estimate of drug-likeness (QED) is 0.671. The maximum atomic E-state index is 11.0. The van der Waals surface area contributed by atoms with Crippen LogP contribution < -0.4 is 10.9 Å². The van der Waals surface area contributed by atoms with Crippen LogP contribution >= 0.6 is 0 Å². The van der Waals surface area contributed by atoms with Crippen LogP contribution in [0.3, 0.4) is 0 Å². The van der Waals surface area contributed by atoms with Crippen molar-refractivity contribution in [2.45, 2.75) is 32.3 Å². The minimum Gasteiger partial charge on any atom is -0.388 e. The molecule has 0 aliphatic heterocycles. The highest BCUT2D eigenvalue weighted by Crippen LogP contribution is 2.14. The van der Waals surface area contributed by atoms with E-state index < -0.39 is 5.60 Å². The minimum atomic E-state index is -0.732. The Labute approximate surface area is 88.6 Å². The molecule has 1 aromatic heterocycles. The highest BCUT2D eigenvalue weighted by Gasteiger charge is 2.21. The molecule has 3 N–H and O–H groups in total. The van der Waals surface area contributed by atoms with Gasteiger partial charge in [0.15, 0.2) is 0 Å². The van der Waals surface area contributed by atoms with Crippen LogP contribution in [0.2, 0.25) is 0 Å². The lowest BCUT2D eigenvalue weighted by Gasteiger charge is -2.25. The number of aliphatic hydroxyl groups is 1. The second kappa shape index (κ2) is 4.93. The summed E-state index contributed by atoms with van der Waals surface area (Å²) in [5.41, 5.74) is -0.936. The van der Waals surface area contributed by atoms with Crippen molar-refractivity contribution < 1.29 is 5.11 Å². The van der Waals surface area contributed by atoms with E-state index in [-0.39, 0.29) is 5.56 Å². The largest absolute Gasteiger partial charge is 0.388 e. The van der Waals surface area contributed by atoms with Gasteiger partial charge in [-0.2, -0.15) is 0 Å². The van der Waals surface area contributed by atoms with Crippen LogP contribution in [-0.4, -0.2) is 27.2 Å². The van der Waals surface area contributed by atoms with Gasteiger partial charge < -0.3 is 15.4 Å². The molecule has 0 radical (unpaired) electrons. The van der Waals surface area contributed by atoms with Crippen molar-refractivity contribution in [2.75, 3.05) is 11.9 Å². The predicted molar refractivity (Wildman–Crippen MR) is 58.9 cm³/mol. The van der Waals surface area contributed by atoms with E-state index in [1.54, 1.807) is 0 Å². The predicted octanol–water partition coefficient (Wildman–Crippen LogP) is 0.733. The summed E-state index contributed by atoms with van der Waals surface area (Å²) >= 11 is 0. The Morgan fingerprint density at radius 2 is 2.20 bits per heavy atom. The molecular formula is C10H17N3O2. The summed E-state index contributed by atoms with van der Waals surface area (Å²) in [6.45, 7) is 4.25. The summed E-state index contributed by atoms with van der Waals surface area (Å²) in [4.78, 5) is 17.3. The number of aromatic amines is 1. The molecule has 0 bridgehead atoms. The molecule has 5 nitrogen and oxygen atoms in total. The lowest BCUT2D eigenvalue weighted by molar-refractivity contribution is 0.0456. The Morgan fingerprint density at radius 3 is 2.73 bits per heavy atom. The fourth-order valence-corrected chi connectivity index (χ4v) is 1.22. The van der Waals surface area contributed by atoms with Crippen LogP contribution in [0.1, 0.15) is 26.7 Å². The Bertz CT molecular complexity index is 358. The van der Waals surface area contributed by atoms with Crippen molar-refractivity contribution in [3.63, 3.8) is 0 Å². The van der Waals surface area contributed by atoms with Gasteiger partial charge in [-0.15, -0.1) is 0 Å². The number of H-pyrrole nitrogens is 1. The first-order valence-electron chi connectivity index (χ1n) is 5.10. The molecule has 0 aromatic carbocycles. The van der Waals surface area contributed by atoms with Gasteiger partial charge in [0.05, 0.1) is 11.9 Å². The molecule has 1 rings (SSSR count). The van der Waals surface area contributed by atoms with E-state index in [4.69, 9.17) is 0 Å². The van der Waals surface area contributed by atoms with E-state index in [0.29, 0.717) is 25.2 Å². The molecule has 1 heterocycles. The summed E-state index contributed by atoms with van der Waals surface area (Å²) in [5.74, 6) is 0.485. The zero-order valence-corrected chi connectivity index (χ0v) is 9.08. The van der Waals surface area contributed by atoms with Gasteiger partial charge in [-0.1, -0.05) is 13.8 Å². The summed E-state index contributed by atoms with van der Waals surface area (Å²) in [6.07, 6.45) is 2.67. The van der Waals surface area contributed by atoms with E-state index in [9.17, 15) is 9.90 Å². The summed E-state index contributed by atoms with van der Waals surface area (Å²) in [5, 5.41) is 12.9.